The van der Waals surface area contributed by atoms with Gasteiger partial charge in [-0.15, -0.1) is 0 Å². The zero-order chi connectivity index (χ0) is 9.68. The number of nitrogens with two attached hydrogens (primary N) is 1. The number of hydrogen-bond acceptors (Lipinski definition) is 1. The molecular weight excluding hydrogens is 233 g/mol. The van der Waals surface area contributed by atoms with Crippen molar-refractivity contribution < 1.29 is 4.39 Å². The minimum absolute atomic E-state index is 0.212. The van der Waals surface area contributed by atoms with Gasteiger partial charge in [0.15, 0.2) is 0 Å². The van der Waals surface area contributed by atoms with Crippen LogP contribution >= 0.6 is 15.9 Å². The highest BCUT2D eigenvalue weighted by molar-refractivity contribution is 9.10. The van der Waals surface area contributed by atoms with Gasteiger partial charge in [0, 0.05) is 10.0 Å². The van der Waals surface area contributed by atoms with Crippen molar-refractivity contribution in [2.24, 2.45) is 5.73 Å². The fourth-order valence-corrected chi connectivity index (χ4v) is 1.33. The third-order valence-corrected chi connectivity index (χ3v) is 2.08. The molecule has 0 spiro atoms. The van der Waals surface area contributed by atoms with Crippen molar-refractivity contribution in [2.45, 2.75) is 6.42 Å². The first-order chi connectivity index (χ1) is 6.24. The lowest BCUT2D eigenvalue weighted by Crippen LogP contribution is -1.95. The van der Waals surface area contributed by atoms with Crippen LogP contribution in [0.1, 0.15) is 12.0 Å². The molecule has 0 aromatic heterocycles. The summed E-state index contributed by atoms with van der Waals surface area (Å²) >= 11 is 3.28. The van der Waals surface area contributed by atoms with E-state index in [2.05, 4.69) is 15.9 Å². The standard InChI is InChI=1S/C10H11BrFN/c11-9-4-5-10(12)8(7-9)3-1-2-6-13/h1,3-5,7H,2,6,13H2/b3-1+. The average Bonchev–Trinajstić information content (AvgIpc) is 2.11. The van der Waals surface area contributed by atoms with Gasteiger partial charge in [-0.05, 0) is 31.2 Å². The number of benzene rings is 1. The molecule has 1 rings (SSSR count). The lowest BCUT2D eigenvalue weighted by molar-refractivity contribution is 0.624. The van der Waals surface area contributed by atoms with E-state index in [1.54, 1.807) is 18.2 Å². The van der Waals surface area contributed by atoms with Crippen LogP contribution in [0.3, 0.4) is 0 Å². The van der Waals surface area contributed by atoms with Crippen molar-refractivity contribution in [1.29, 1.82) is 0 Å². The maximum atomic E-state index is 13.1. The topological polar surface area (TPSA) is 26.0 Å². The molecule has 3 heteroatoms. The highest BCUT2D eigenvalue weighted by Crippen LogP contribution is 2.16. The van der Waals surface area contributed by atoms with Gasteiger partial charge in [0.1, 0.15) is 5.82 Å². The number of hydrogen-bond donors (Lipinski definition) is 1. The van der Waals surface area contributed by atoms with Gasteiger partial charge < -0.3 is 5.73 Å². The minimum atomic E-state index is -0.212. The Hall–Kier alpha value is -0.670. The molecule has 0 amide bonds. The van der Waals surface area contributed by atoms with Gasteiger partial charge in [-0.3, -0.25) is 0 Å². The Bertz CT molecular complexity index is 310. The number of rotatable bonds is 3. The predicted molar refractivity (Wildman–Crippen MR) is 56.8 cm³/mol. The smallest absolute Gasteiger partial charge is 0.130 e. The van der Waals surface area contributed by atoms with E-state index in [4.69, 9.17) is 5.73 Å². The molecule has 0 aliphatic carbocycles. The zero-order valence-corrected chi connectivity index (χ0v) is 8.72. The molecule has 0 radical (unpaired) electrons. The average molecular weight is 244 g/mol. The molecule has 1 aromatic carbocycles. The summed E-state index contributed by atoms with van der Waals surface area (Å²) in [6, 6.07) is 4.85. The van der Waals surface area contributed by atoms with Crippen molar-refractivity contribution >= 4 is 22.0 Å². The molecule has 2 N–H and O–H groups in total. The van der Waals surface area contributed by atoms with Crippen LogP contribution in [0.15, 0.2) is 28.7 Å². The fourth-order valence-electron chi connectivity index (χ4n) is 0.949. The van der Waals surface area contributed by atoms with E-state index in [9.17, 15) is 4.39 Å². The largest absolute Gasteiger partial charge is 0.330 e. The van der Waals surface area contributed by atoms with E-state index in [0.29, 0.717) is 12.1 Å². The Morgan fingerprint density at radius 1 is 1.46 bits per heavy atom. The summed E-state index contributed by atoms with van der Waals surface area (Å²) in [6.07, 6.45) is 4.38. The molecule has 0 saturated heterocycles. The maximum Gasteiger partial charge on any atom is 0.130 e. The van der Waals surface area contributed by atoms with E-state index in [1.165, 1.54) is 6.07 Å². The first-order valence-electron chi connectivity index (χ1n) is 4.05. The molecule has 1 nitrogen and oxygen atoms in total. The summed E-state index contributed by atoms with van der Waals surface area (Å²) in [5.41, 5.74) is 5.89. The second-order valence-electron chi connectivity index (χ2n) is 2.65. The SMILES string of the molecule is NCC/C=C/c1cc(Br)ccc1F. The zero-order valence-electron chi connectivity index (χ0n) is 7.13. The minimum Gasteiger partial charge on any atom is -0.330 e. The van der Waals surface area contributed by atoms with Gasteiger partial charge in [0.25, 0.3) is 0 Å². The van der Waals surface area contributed by atoms with E-state index >= 15 is 0 Å². The fraction of sp³-hybridized carbons (Fsp3) is 0.200. The highest BCUT2D eigenvalue weighted by atomic mass is 79.9. The third kappa shape index (κ3) is 3.28. The van der Waals surface area contributed by atoms with Crippen LogP contribution in [0.2, 0.25) is 0 Å². The summed E-state index contributed by atoms with van der Waals surface area (Å²) in [6.45, 7) is 0.589. The van der Waals surface area contributed by atoms with E-state index in [1.807, 2.05) is 6.08 Å². The highest BCUT2D eigenvalue weighted by Gasteiger charge is 1.97. The Kier molecular flexibility index (Phi) is 4.12. The van der Waals surface area contributed by atoms with Gasteiger partial charge in [-0.2, -0.15) is 0 Å². The van der Waals surface area contributed by atoms with Crippen molar-refractivity contribution in [1.82, 2.24) is 0 Å². The molecular formula is C10H11BrFN. The van der Waals surface area contributed by atoms with Crippen LogP contribution in [0, 0.1) is 5.82 Å². The molecule has 0 fully saturated rings. The quantitative estimate of drug-likeness (QED) is 0.869. The molecule has 0 bridgehead atoms. The molecule has 1 aromatic rings. The monoisotopic (exact) mass is 243 g/mol. The summed E-state index contributed by atoms with van der Waals surface area (Å²) in [7, 11) is 0. The molecule has 0 aliphatic rings. The Balaban J connectivity index is 2.81. The predicted octanol–water partition coefficient (Wildman–Crippen LogP) is 2.95. The first kappa shape index (κ1) is 10.4. The van der Waals surface area contributed by atoms with Crippen LogP contribution in [-0.4, -0.2) is 6.54 Å². The Morgan fingerprint density at radius 3 is 2.92 bits per heavy atom. The van der Waals surface area contributed by atoms with Crippen molar-refractivity contribution in [2.75, 3.05) is 6.54 Å². The van der Waals surface area contributed by atoms with Gasteiger partial charge in [-0.25, -0.2) is 4.39 Å². The van der Waals surface area contributed by atoms with Crippen LogP contribution in [0.25, 0.3) is 6.08 Å². The Labute approximate surface area is 85.6 Å². The summed E-state index contributed by atoms with van der Waals surface area (Å²) in [4.78, 5) is 0. The lowest BCUT2D eigenvalue weighted by atomic mass is 10.2. The van der Waals surface area contributed by atoms with Gasteiger partial charge in [0.05, 0.1) is 0 Å². The summed E-state index contributed by atoms with van der Waals surface area (Å²) in [5.74, 6) is -0.212. The molecule has 0 unspecified atom stereocenters. The van der Waals surface area contributed by atoms with Crippen LogP contribution < -0.4 is 5.73 Å². The lowest BCUT2D eigenvalue weighted by Gasteiger charge is -1.97. The van der Waals surface area contributed by atoms with Crippen molar-refractivity contribution in [3.05, 3.63) is 40.1 Å². The van der Waals surface area contributed by atoms with E-state index in [0.717, 1.165) is 10.9 Å². The van der Waals surface area contributed by atoms with E-state index in [-0.39, 0.29) is 5.82 Å². The molecule has 0 saturated carbocycles. The first-order valence-corrected chi connectivity index (χ1v) is 4.85. The molecule has 70 valence electrons. The second-order valence-corrected chi connectivity index (χ2v) is 3.56. The van der Waals surface area contributed by atoms with E-state index < -0.39 is 0 Å². The van der Waals surface area contributed by atoms with Gasteiger partial charge in [0.2, 0.25) is 0 Å². The van der Waals surface area contributed by atoms with Crippen LogP contribution in [0.5, 0.6) is 0 Å². The van der Waals surface area contributed by atoms with Crippen LogP contribution in [-0.2, 0) is 0 Å². The van der Waals surface area contributed by atoms with Gasteiger partial charge in [-0.1, -0.05) is 28.1 Å². The molecule has 0 heterocycles. The molecule has 0 atom stereocenters. The normalized spacial score (nSPS) is 11.0. The summed E-state index contributed by atoms with van der Waals surface area (Å²) in [5, 5.41) is 0. The second kappa shape index (κ2) is 5.14. The van der Waals surface area contributed by atoms with Crippen molar-refractivity contribution in [3.63, 3.8) is 0 Å². The maximum absolute atomic E-state index is 13.1. The van der Waals surface area contributed by atoms with Crippen molar-refractivity contribution in [3.8, 4) is 0 Å². The summed E-state index contributed by atoms with van der Waals surface area (Å²) < 4.78 is 14.0. The van der Waals surface area contributed by atoms with Crippen LogP contribution in [0.4, 0.5) is 4.39 Å². The van der Waals surface area contributed by atoms with Gasteiger partial charge >= 0.3 is 0 Å². The number of halogens is 2. The molecule has 13 heavy (non-hydrogen) atoms. The third-order valence-electron chi connectivity index (χ3n) is 1.59. The molecule has 0 aliphatic heterocycles. The Morgan fingerprint density at radius 2 is 2.23 bits per heavy atom.